The van der Waals surface area contributed by atoms with Gasteiger partial charge >= 0.3 is 0 Å². The highest BCUT2D eigenvalue weighted by Crippen LogP contribution is 2.25. The Balaban J connectivity index is 2.11. The van der Waals surface area contributed by atoms with Gasteiger partial charge in [-0.3, -0.25) is 4.98 Å². The minimum absolute atomic E-state index is 0.794. The molecule has 1 N–H and O–H groups in total. The molecular formula is C8H8N4S2. The highest BCUT2D eigenvalue weighted by atomic mass is 32.2. The number of aromatic nitrogens is 3. The molecule has 0 amide bonds. The van der Waals surface area contributed by atoms with E-state index in [1.54, 1.807) is 24.2 Å². The number of rotatable bonds is 3. The van der Waals surface area contributed by atoms with Crippen LogP contribution in [0, 0.1) is 0 Å². The Labute approximate surface area is 89.8 Å². The summed E-state index contributed by atoms with van der Waals surface area (Å²) >= 11 is 3.12. The SMILES string of the molecule is CSc1nnc(Nc2cccnc2)s1. The molecule has 2 rings (SSSR count). The van der Waals surface area contributed by atoms with Crippen LogP contribution in [-0.2, 0) is 0 Å². The highest BCUT2D eigenvalue weighted by molar-refractivity contribution is 8.00. The molecule has 4 nitrogen and oxygen atoms in total. The van der Waals surface area contributed by atoms with Gasteiger partial charge in [0, 0.05) is 6.20 Å². The Hall–Kier alpha value is -1.14. The summed E-state index contributed by atoms with van der Waals surface area (Å²) in [5, 5.41) is 11.9. The molecule has 0 radical (unpaired) electrons. The van der Waals surface area contributed by atoms with Crippen molar-refractivity contribution in [2.45, 2.75) is 4.34 Å². The van der Waals surface area contributed by atoms with Crippen molar-refractivity contribution in [3.63, 3.8) is 0 Å². The second-order valence-electron chi connectivity index (χ2n) is 2.44. The van der Waals surface area contributed by atoms with Gasteiger partial charge in [0.2, 0.25) is 5.13 Å². The van der Waals surface area contributed by atoms with Gasteiger partial charge in [-0.2, -0.15) is 0 Å². The average molecular weight is 224 g/mol. The van der Waals surface area contributed by atoms with Crippen LogP contribution in [0.3, 0.4) is 0 Å². The molecule has 0 fully saturated rings. The average Bonchev–Trinajstić information content (AvgIpc) is 2.67. The molecule has 14 heavy (non-hydrogen) atoms. The lowest BCUT2D eigenvalue weighted by molar-refractivity contribution is 1.02. The van der Waals surface area contributed by atoms with E-state index in [9.17, 15) is 0 Å². The van der Waals surface area contributed by atoms with Crippen molar-refractivity contribution in [2.24, 2.45) is 0 Å². The maximum absolute atomic E-state index is 4.00. The smallest absolute Gasteiger partial charge is 0.210 e. The quantitative estimate of drug-likeness (QED) is 0.811. The number of hydrogen-bond donors (Lipinski definition) is 1. The van der Waals surface area contributed by atoms with Crippen LogP contribution in [0.25, 0.3) is 0 Å². The first-order valence-corrected chi connectivity index (χ1v) is 5.97. The van der Waals surface area contributed by atoms with Crippen LogP contribution in [0.2, 0.25) is 0 Å². The molecule has 0 saturated carbocycles. The summed E-state index contributed by atoms with van der Waals surface area (Å²) in [5.41, 5.74) is 0.927. The largest absolute Gasteiger partial charge is 0.329 e. The molecule has 0 aliphatic heterocycles. The van der Waals surface area contributed by atoms with Gasteiger partial charge in [0.15, 0.2) is 4.34 Å². The van der Waals surface area contributed by atoms with Crippen molar-refractivity contribution in [3.05, 3.63) is 24.5 Å². The predicted molar refractivity (Wildman–Crippen MR) is 59.2 cm³/mol. The second kappa shape index (κ2) is 4.39. The topological polar surface area (TPSA) is 50.7 Å². The number of pyridine rings is 1. The molecule has 0 atom stereocenters. The van der Waals surface area contributed by atoms with Gasteiger partial charge < -0.3 is 5.32 Å². The van der Waals surface area contributed by atoms with E-state index in [1.807, 2.05) is 18.4 Å². The molecule has 2 aromatic rings. The van der Waals surface area contributed by atoms with Crippen LogP contribution < -0.4 is 5.32 Å². The summed E-state index contributed by atoms with van der Waals surface area (Å²) in [6.45, 7) is 0. The van der Waals surface area contributed by atoms with E-state index in [-0.39, 0.29) is 0 Å². The number of nitrogens with one attached hydrogen (secondary N) is 1. The fraction of sp³-hybridized carbons (Fsp3) is 0.125. The molecule has 0 spiro atoms. The van der Waals surface area contributed by atoms with Crippen LogP contribution in [0.1, 0.15) is 0 Å². The first-order valence-electron chi connectivity index (χ1n) is 3.93. The Morgan fingerprint density at radius 2 is 2.36 bits per heavy atom. The minimum Gasteiger partial charge on any atom is -0.329 e. The molecule has 0 aliphatic rings. The standard InChI is InChI=1S/C8H8N4S2/c1-13-8-12-11-7(14-8)10-6-3-2-4-9-5-6/h2-5H,1H3,(H,10,11). The summed E-state index contributed by atoms with van der Waals surface area (Å²) in [6, 6.07) is 3.81. The maximum atomic E-state index is 4.00. The molecule has 2 aromatic heterocycles. The molecule has 0 aliphatic carbocycles. The Kier molecular flexibility index (Phi) is 2.95. The predicted octanol–water partition coefficient (Wildman–Crippen LogP) is 2.40. The van der Waals surface area contributed by atoms with Crippen LogP contribution in [0.4, 0.5) is 10.8 Å². The monoisotopic (exact) mass is 224 g/mol. The van der Waals surface area contributed by atoms with E-state index < -0.39 is 0 Å². The lowest BCUT2D eigenvalue weighted by atomic mass is 10.4. The van der Waals surface area contributed by atoms with E-state index in [1.165, 1.54) is 11.3 Å². The Morgan fingerprint density at radius 1 is 1.43 bits per heavy atom. The highest BCUT2D eigenvalue weighted by Gasteiger charge is 2.02. The molecule has 0 bridgehead atoms. The lowest BCUT2D eigenvalue weighted by Gasteiger charge is -1.98. The van der Waals surface area contributed by atoms with Crippen LogP contribution in [0.5, 0.6) is 0 Å². The zero-order valence-electron chi connectivity index (χ0n) is 7.47. The third kappa shape index (κ3) is 2.21. The summed E-state index contributed by atoms with van der Waals surface area (Å²) in [5.74, 6) is 0. The molecule has 72 valence electrons. The Bertz CT molecular complexity index is 401. The zero-order valence-corrected chi connectivity index (χ0v) is 9.10. The van der Waals surface area contributed by atoms with Crippen LogP contribution >= 0.6 is 23.1 Å². The number of hydrogen-bond acceptors (Lipinski definition) is 6. The normalized spacial score (nSPS) is 10.1. The number of nitrogens with zero attached hydrogens (tertiary/aromatic N) is 3. The lowest BCUT2D eigenvalue weighted by Crippen LogP contribution is -1.89. The minimum atomic E-state index is 0.794. The summed E-state index contributed by atoms with van der Waals surface area (Å²) in [6.07, 6.45) is 5.47. The van der Waals surface area contributed by atoms with E-state index in [0.29, 0.717) is 0 Å². The van der Waals surface area contributed by atoms with Crippen LogP contribution in [0.15, 0.2) is 28.9 Å². The first kappa shape index (κ1) is 9.42. The van der Waals surface area contributed by atoms with Crippen molar-refractivity contribution in [2.75, 3.05) is 11.6 Å². The van der Waals surface area contributed by atoms with Crippen molar-refractivity contribution in [1.29, 1.82) is 0 Å². The van der Waals surface area contributed by atoms with Gasteiger partial charge in [0.05, 0.1) is 11.9 Å². The molecular weight excluding hydrogens is 216 g/mol. The van der Waals surface area contributed by atoms with E-state index in [2.05, 4.69) is 20.5 Å². The fourth-order valence-electron chi connectivity index (χ4n) is 0.903. The van der Waals surface area contributed by atoms with E-state index in [0.717, 1.165) is 15.2 Å². The number of anilines is 2. The van der Waals surface area contributed by atoms with E-state index in [4.69, 9.17) is 0 Å². The number of thioether (sulfide) groups is 1. The second-order valence-corrected chi connectivity index (χ2v) is 4.47. The van der Waals surface area contributed by atoms with Gasteiger partial charge in [-0.15, -0.1) is 10.2 Å². The summed E-state index contributed by atoms with van der Waals surface area (Å²) < 4.78 is 0.955. The van der Waals surface area contributed by atoms with Crippen molar-refractivity contribution < 1.29 is 0 Å². The van der Waals surface area contributed by atoms with Gasteiger partial charge in [0.25, 0.3) is 0 Å². The zero-order chi connectivity index (χ0) is 9.80. The van der Waals surface area contributed by atoms with Crippen molar-refractivity contribution in [3.8, 4) is 0 Å². The molecule has 6 heteroatoms. The van der Waals surface area contributed by atoms with Crippen molar-refractivity contribution >= 4 is 33.9 Å². The maximum Gasteiger partial charge on any atom is 0.210 e. The van der Waals surface area contributed by atoms with Crippen molar-refractivity contribution in [1.82, 2.24) is 15.2 Å². The molecule has 0 saturated heterocycles. The van der Waals surface area contributed by atoms with Gasteiger partial charge in [0.1, 0.15) is 0 Å². The van der Waals surface area contributed by atoms with Gasteiger partial charge in [-0.25, -0.2) is 0 Å². The molecule has 2 heterocycles. The third-order valence-corrected chi connectivity index (χ3v) is 3.31. The molecule has 0 aromatic carbocycles. The fourth-order valence-corrected chi connectivity index (χ4v) is 2.09. The van der Waals surface area contributed by atoms with Gasteiger partial charge in [-0.05, 0) is 18.4 Å². The first-order chi connectivity index (χ1) is 6.88. The Morgan fingerprint density at radius 3 is 3.00 bits per heavy atom. The summed E-state index contributed by atoms with van der Waals surface area (Å²) in [4.78, 5) is 4.00. The molecule has 0 unspecified atom stereocenters. The van der Waals surface area contributed by atoms with Gasteiger partial charge in [-0.1, -0.05) is 23.1 Å². The van der Waals surface area contributed by atoms with E-state index >= 15 is 0 Å². The third-order valence-electron chi connectivity index (χ3n) is 1.49. The van der Waals surface area contributed by atoms with Crippen LogP contribution in [-0.4, -0.2) is 21.4 Å². The summed E-state index contributed by atoms with van der Waals surface area (Å²) in [7, 11) is 0.